The van der Waals surface area contributed by atoms with Crippen molar-refractivity contribution in [3.63, 3.8) is 0 Å². The van der Waals surface area contributed by atoms with E-state index in [0.29, 0.717) is 15.7 Å². The molecule has 1 aromatic carbocycles. The Balaban J connectivity index is 2.01. The zero-order chi connectivity index (χ0) is 13.8. The third-order valence-electron chi connectivity index (χ3n) is 2.18. The van der Waals surface area contributed by atoms with Crippen molar-refractivity contribution in [2.75, 3.05) is 5.32 Å². The molecular weight excluding hydrogens is 369 g/mol. The van der Waals surface area contributed by atoms with E-state index in [-0.39, 0.29) is 5.91 Å². The summed E-state index contributed by atoms with van der Waals surface area (Å²) in [5, 5.41) is 3.58. The van der Waals surface area contributed by atoms with Gasteiger partial charge in [0.1, 0.15) is 0 Å². The molecule has 1 amide bonds. The highest BCUT2D eigenvalue weighted by Gasteiger charge is 2.02. The van der Waals surface area contributed by atoms with E-state index in [1.54, 1.807) is 35.6 Å². The van der Waals surface area contributed by atoms with Crippen LogP contribution in [0, 0.1) is 0 Å². The predicted molar refractivity (Wildman–Crippen MR) is 86.1 cm³/mol. The average molecular weight is 377 g/mol. The first-order valence-corrected chi connectivity index (χ1v) is 7.60. The van der Waals surface area contributed by atoms with Crippen LogP contribution in [0.25, 0.3) is 6.08 Å². The summed E-state index contributed by atoms with van der Waals surface area (Å²) in [5.74, 6) is -0.220. The second-order valence-electron chi connectivity index (χ2n) is 3.59. The average Bonchev–Trinajstić information content (AvgIpc) is 2.77. The molecule has 1 heterocycles. The van der Waals surface area contributed by atoms with E-state index >= 15 is 0 Å². The summed E-state index contributed by atoms with van der Waals surface area (Å²) in [6.07, 6.45) is 3.23. The molecule has 0 aliphatic rings. The van der Waals surface area contributed by atoms with E-state index in [1.807, 2.05) is 12.1 Å². The Labute approximate surface area is 133 Å². The summed E-state index contributed by atoms with van der Waals surface area (Å²) in [6.45, 7) is 0. The van der Waals surface area contributed by atoms with E-state index in [0.717, 1.165) is 8.66 Å². The highest BCUT2D eigenvalue weighted by atomic mass is 79.9. The van der Waals surface area contributed by atoms with Gasteiger partial charge in [0.05, 0.1) is 13.8 Å². The molecule has 0 aliphatic heterocycles. The minimum absolute atomic E-state index is 0.220. The van der Waals surface area contributed by atoms with Crippen LogP contribution in [0.1, 0.15) is 4.88 Å². The molecule has 0 atom stereocenters. The summed E-state index contributed by atoms with van der Waals surface area (Å²) < 4.78 is 1.03. The van der Waals surface area contributed by atoms with Crippen LogP contribution in [0.4, 0.5) is 5.69 Å². The molecule has 0 spiro atoms. The maximum atomic E-state index is 11.7. The molecule has 0 aliphatic carbocycles. The maximum absolute atomic E-state index is 11.7. The van der Waals surface area contributed by atoms with Crippen molar-refractivity contribution in [2.45, 2.75) is 0 Å². The molecule has 98 valence electrons. The van der Waals surface area contributed by atoms with Crippen molar-refractivity contribution in [3.8, 4) is 0 Å². The fraction of sp³-hybridized carbons (Fsp3) is 0. The van der Waals surface area contributed by atoms with Crippen LogP contribution < -0.4 is 5.32 Å². The number of rotatable bonds is 3. The molecule has 0 bridgehead atoms. The lowest BCUT2D eigenvalue weighted by Crippen LogP contribution is -2.07. The summed E-state index contributed by atoms with van der Waals surface area (Å²) in [5.41, 5.74) is 0.608. The molecule has 0 saturated carbocycles. The van der Waals surface area contributed by atoms with Crippen molar-refractivity contribution in [1.29, 1.82) is 0 Å². The first kappa shape index (κ1) is 14.6. The summed E-state index contributed by atoms with van der Waals surface area (Å²) in [7, 11) is 0. The number of benzene rings is 1. The lowest BCUT2D eigenvalue weighted by Gasteiger charge is -2.03. The zero-order valence-electron chi connectivity index (χ0n) is 9.49. The van der Waals surface area contributed by atoms with Gasteiger partial charge in [0.2, 0.25) is 5.91 Å². The number of carbonyl (C=O) groups is 1. The number of thiophene rings is 1. The van der Waals surface area contributed by atoms with Gasteiger partial charge < -0.3 is 5.32 Å². The summed E-state index contributed by atoms with van der Waals surface area (Å²) in [4.78, 5) is 12.7. The number of anilines is 1. The fourth-order valence-electron chi connectivity index (χ4n) is 1.33. The van der Waals surface area contributed by atoms with E-state index < -0.39 is 0 Å². The van der Waals surface area contributed by atoms with Gasteiger partial charge >= 0.3 is 0 Å². The smallest absolute Gasteiger partial charge is 0.248 e. The SMILES string of the molecule is O=C(/C=C/c1ccc(Br)s1)Nc1ccc(Cl)c(Cl)c1. The van der Waals surface area contributed by atoms with Gasteiger partial charge in [0, 0.05) is 16.6 Å². The largest absolute Gasteiger partial charge is 0.322 e. The first-order chi connectivity index (χ1) is 9.04. The monoisotopic (exact) mass is 375 g/mol. The van der Waals surface area contributed by atoms with Gasteiger partial charge in [-0.05, 0) is 52.3 Å². The van der Waals surface area contributed by atoms with Crippen molar-refractivity contribution in [2.24, 2.45) is 0 Å². The molecule has 1 aromatic heterocycles. The number of nitrogens with one attached hydrogen (secondary N) is 1. The molecule has 2 nitrogen and oxygen atoms in total. The Kier molecular flexibility index (Phi) is 5.05. The molecule has 19 heavy (non-hydrogen) atoms. The third kappa shape index (κ3) is 4.35. The van der Waals surface area contributed by atoms with Gasteiger partial charge in [-0.1, -0.05) is 23.2 Å². The number of hydrogen-bond acceptors (Lipinski definition) is 2. The molecule has 0 unspecified atom stereocenters. The lowest BCUT2D eigenvalue weighted by atomic mass is 10.3. The topological polar surface area (TPSA) is 29.1 Å². The lowest BCUT2D eigenvalue weighted by molar-refractivity contribution is -0.111. The predicted octanol–water partition coefficient (Wildman–Crippen LogP) is 5.47. The highest BCUT2D eigenvalue weighted by Crippen LogP contribution is 2.25. The van der Waals surface area contributed by atoms with E-state index in [4.69, 9.17) is 23.2 Å². The van der Waals surface area contributed by atoms with Crippen molar-refractivity contribution < 1.29 is 4.79 Å². The molecule has 1 N–H and O–H groups in total. The Morgan fingerprint density at radius 1 is 1.21 bits per heavy atom. The van der Waals surface area contributed by atoms with Gasteiger partial charge in [-0.25, -0.2) is 0 Å². The van der Waals surface area contributed by atoms with Crippen LogP contribution in [0.15, 0.2) is 40.2 Å². The fourth-order valence-corrected chi connectivity index (χ4v) is 2.96. The van der Waals surface area contributed by atoms with Crippen LogP contribution in [-0.2, 0) is 4.79 Å². The van der Waals surface area contributed by atoms with Crippen molar-refractivity contribution in [3.05, 3.63) is 55.1 Å². The Morgan fingerprint density at radius 2 is 2.00 bits per heavy atom. The minimum Gasteiger partial charge on any atom is -0.322 e. The van der Waals surface area contributed by atoms with Gasteiger partial charge in [-0.15, -0.1) is 11.3 Å². The van der Waals surface area contributed by atoms with Crippen LogP contribution >= 0.6 is 50.5 Å². The Hall–Kier alpha value is -0.810. The zero-order valence-corrected chi connectivity index (χ0v) is 13.4. The standard InChI is InChI=1S/C13H8BrCl2NOS/c14-12-5-2-9(19-12)3-6-13(18)17-8-1-4-10(15)11(16)7-8/h1-7H,(H,17,18)/b6-3+. The first-order valence-electron chi connectivity index (χ1n) is 5.24. The number of amides is 1. The number of carbonyl (C=O) groups excluding carboxylic acids is 1. The number of hydrogen-bond donors (Lipinski definition) is 1. The van der Waals surface area contributed by atoms with Crippen molar-refractivity contribution >= 4 is 68.1 Å². The van der Waals surface area contributed by atoms with E-state index in [2.05, 4.69) is 21.2 Å². The normalized spacial score (nSPS) is 10.9. The van der Waals surface area contributed by atoms with Gasteiger partial charge in [-0.2, -0.15) is 0 Å². The molecule has 6 heteroatoms. The van der Waals surface area contributed by atoms with Crippen LogP contribution in [0.2, 0.25) is 10.0 Å². The molecule has 2 aromatic rings. The maximum Gasteiger partial charge on any atom is 0.248 e. The summed E-state index contributed by atoms with van der Waals surface area (Å²) >= 11 is 16.6. The van der Waals surface area contributed by atoms with Crippen LogP contribution in [0.5, 0.6) is 0 Å². The van der Waals surface area contributed by atoms with Gasteiger partial charge in [0.15, 0.2) is 0 Å². The Bertz CT molecular complexity index is 639. The molecule has 0 saturated heterocycles. The highest BCUT2D eigenvalue weighted by molar-refractivity contribution is 9.11. The van der Waals surface area contributed by atoms with Gasteiger partial charge in [0.25, 0.3) is 0 Å². The van der Waals surface area contributed by atoms with Crippen LogP contribution in [-0.4, -0.2) is 5.91 Å². The quantitative estimate of drug-likeness (QED) is 0.707. The molecular formula is C13H8BrCl2NOS. The number of halogens is 3. The second kappa shape index (κ2) is 6.57. The van der Waals surface area contributed by atoms with Gasteiger partial charge in [-0.3, -0.25) is 4.79 Å². The van der Waals surface area contributed by atoms with E-state index in [9.17, 15) is 4.79 Å². The Morgan fingerprint density at radius 3 is 2.63 bits per heavy atom. The molecule has 0 fully saturated rings. The van der Waals surface area contributed by atoms with E-state index in [1.165, 1.54) is 6.08 Å². The molecule has 0 radical (unpaired) electrons. The summed E-state index contributed by atoms with van der Waals surface area (Å²) in [6, 6.07) is 8.80. The molecule has 2 rings (SSSR count). The second-order valence-corrected chi connectivity index (χ2v) is 6.90. The van der Waals surface area contributed by atoms with Crippen LogP contribution in [0.3, 0.4) is 0 Å². The minimum atomic E-state index is -0.220. The third-order valence-corrected chi connectivity index (χ3v) is 4.51. The van der Waals surface area contributed by atoms with Crippen molar-refractivity contribution in [1.82, 2.24) is 0 Å².